The van der Waals surface area contributed by atoms with Gasteiger partial charge in [0.2, 0.25) is 0 Å². The van der Waals surface area contributed by atoms with Crippen LogP contribution in [0.25, 0.3) is 11.3 Å². The number of nitrogens with zero attached hydrogens (tertiary/aromatic N) is 2. The van der Waals surface area contributed by atoms with Gasteiger partial charge in [-0.25, -0.2) is 4.39 Å². The third-order valence-electron chi connectivity index (χ3n) is 2.65. The van der Waals surface area contributed by atoms with Crippen molar-refractivity contribution in [3.63, 3.8) is 0 Å². The first-order chi connectivity index (χ1) is 8.81. The Morgan fingerprint density at radius 2 is 2.17 bits per heavy atom. The minimum absolute atomic E-state index is 0.255. The number of benzene rings is 1. The van der Waals surface area contributed by atoms with E-state index in [0.717, 1.165) is 24.1 Å². The Hall–Kier alpha value is -1.81. The molecule has 0 bridgehead atoms. The van der Waals surface area contributed by atoms with Crippen LogP contribution >= 0.6 is 0 Å². The van der Waals surface area contributed by atoms with E-state index in [1.807, 2.05) is 0 Å². The van der Waals surface area contributed by atoms with Crippen LogP contribution in [0.15, 0.2) is 36.8 Å². The van der Waals surface area contributed by atoms with Gasteiger partial charge in [0.25, 0.3) is 0 Å². The van der Waals surface area contributed by atoms with E-state index in [0.29, 0.717) is 12.2 Å². The summed E-state index contributed by atoms with van der Waals surface area (Å²) in [7, 11) is 0. The second-order valence-electron chi connectivity index (χ2n) is 4.07. The molecule has 94 valence electrons. The van der Waals surface area contributed by atoms with E-state index in [1.54, 1.807) is 24.7 Å². The zero-order chi connectivity index (χ0) is 12.8. The fourth-order valence-electron chi connectivity index (χ4n) is 1.78. The van der Waals surface area contributed by atoms with Crippen molar-refractivity contribution in [3.8, 4) is 11.3 Å². The maximum absolute atomic E-state index is 13.4. The molecule has 0 aliphatic rings. The predicted octanol–water partition coefficient (Wildman–Crippen LogP) is 2.78. The molecule has 0 saturated carbocycles. The predicted molar refractivity (Wildman–Crippen MR) is 69.4 cm³/mol. The molecule has 0 saturated heterocycles. The van der Waals surface area contributed by atoms with Crippen LogP contribution in [0.3, 0.4) is 0 Å². The molecule has 3 nitrogen and oxygen atoms in total. The Morgan fingerprint density at radius 3 is 2.89 bits per heavy atom. The van der Waals surface area contributed by atoms with Crippen molar-refractivity contribution in [3.05, 3.63) is 48.2 Å². The maximum atomic E-state index is 13.4. The fraction of sp³-hybridized carbons (Fsp3) is 0.286. The van der Waals surface area contributed by atoms with Crippen molar-refractivity contribution < 1.29 is 4.39 Å². The summed E-state index contributed by atoms with van der Waals surface area (Å²) in [6.07, 6.45) is 5.95. The van der Waals surface area contributed by atoms with Crippen LogP contribution in [0.2, 0.25) is 0 Å². The summed E-state index contributed by atoms with van der Waals surface area (Å²) in [5.74, 6) is -0.255. The molecule has 0 atom stereocenters. The summed E-state index contributed by atoms with van der Waals surface area (Å²) in [5, 5.41) is 3.31. The van der Waals surface area contributed by atoms with Gasteiger partial charge < -0.3 is 5.32 Å². The van der Waals surface area contributed by atoms with Crippen molar-refractivity contribution in [2.45, 2.75) is 19.9 Å². The minimum Gasteiger partial charge on any atom is -0.313 e. The summed E-state index contributed by atoms with van der Waals surface area (Å²) in [6, 6.07) is 4.78. The van der Waals surface area contributed by atoms with Crippen molar-refractivity contribution >= 4 is 0 Å². The summed E-state index contributed by atoms with van der Waals surface area (Å²) in [5.41, 5.74) is 2.53. The largest absolute Gasteiger partial charge is 0.313 e. The van der Waals surface area contributed by atoms with Gasteiger partial charge in [0.05, 0.1) is 11.9 Å². The van der Waals surface area contributed by atoms with Crippen LogP contribution in [-0.4, -0.2) is 16.5 Å². The standard InChI is InChI=1S/C14H16FN3/c1-2-5-16-9-11-3-4-12(15)8-13(11)14-10-17-6-7-18-14/h3-4,6-8,10,16H,2,5,9H2,1H3. The Labute approximate surface area is 106 Å². The molecule has 4 heteroatoms. The Balaban J connectivity index is 2.29. The molecule has 0 spiro atoms. The van der Waals surface area contributed by atoms with Crippen LogP contribution < -0.4 is 5.32 Å². The van der Waals surface area contributed by atoms with Gasteiger partial charge >= 0.3 is 0 Å². The Morgan fingerprint density at radius 1 is 1.28 bits per heavy atom. The number of halogens is 1. The molecule has 1 N–H and O–H groups in total. The molecule has 0 amide bonds. The van der Waals surface area contributed by atoms with Gasteiger partial charge in [-0.3, -0.25) is 9.97 Å². The highest BCUT2D eigenvalue weighted by molar-refractivity contribution is 5.62. The molecule has 0 aliphatic heterocycles. The lowest BCUT2D eigenvalue weighted by Gasteiger charge is -2.09. The number of nitrogens with one attached hydrogen (secondary N) is 1. The van der Waals surface area contributed by atoms with E-state index in [2.05, 4.69) is 22.2 Å². The van der Waals surface area contributed by atoms with Crippen molar-refractivity contribution in [1.29, 1.82) is 0 Å². The SMILES string of the molecule is CCCNCc1ccc(F)cc1-c1cnccn1. The van der Waals surface area contributed by atoms with Crippen molar-refractivity contribution in [2.75, 3.05) is 6.54 Å². The van der Waals surface area contributed by atoms with E-state index in [9.17, 15) is 4.39 Å². The average Bonchev–Trinajstić information content (AvgIpc) is 2.41. The molecule has 18 heavy (non-hydrogen) atoms. The van der Waals surface area contributed by atoms with Crippen molar-refractivity contribution in [2.24, 2.45) is 0 Å². The molecular formula is C14H16FN3. The zero-order valence-corrected chi connectivity index (χ0v) is 10.4. The molecule has 0 fully saturated rings. The maximum Gasteiger partial charge on any atom is 0.123 e. The second-order valence-corrected chi connectivity index (χ2v) is 4.07. The quantitative estimate of drug-likeness (QED) is 0.823. The Bertz CT molecular complexity index is 500. The molecule has 0 unspecified atom stereocenters. The molecule has 0 aliphatic carbocycles. The molecule has 2 aromatic rings. The van der Waals surface area contributed by atoms with Crippen molar-refractivity contribution in [1.82, 2.24) is 15.3 Å². The molecule has 0 radical (unpaired) electrons. The number of rotatable bonds is 5. The highest BCUT2D eigenvalue weighted by Gasteiger charge is 2.07. The van der Waals surface area contributed by atoms with E-state index >= 15 is 0 Å². The third kappa shape index (κ3) is 3.11. The summed E-state index contributed by atoms with van der Waals surface area (Å²) < 4.78 is 13.4. The number of aromatic nitrogens is 2. The smallest absolute Gasteiger partial charge is 0.123 e. The van der Waals surface area contributed by atoms with Gasteiger partial charge in [0.1, 0.15) is 5.82 Å². The molecular weight excluding hydrogens is 229 g/mol. The summed E-state index contributed by atoms with van der Waals surface area (Å²) in [4.78, 5) is 8.24. The lowest BCUT2D eigenvalue weighted by Crippen LogP contribution is -2.14. The van der Waals surface area contributed by atoms with Gasteiger partial charge in [0.15, 0.2) is 0 Å². The van der Waals surface area contributed by atoms with Gasteiger partial charge in [0, 0.05) is 24.5 Å². The van der Waals surface area contributed by atoms with Crippen LogP contribution in [0.5, 0.6) is 0 Å². The molecule has 1 aromatic carbocycles. The second kappa shape index (κ2) is 6.21. The summed E-state index contributed by atoms with van der Waals surface area (Å²) in [6.45, 7) is 3.76. The average molecular weight is 245 g/mol. The first-order valence-corrected chi connectivity index (χ1v) is 6.06. The molecule has 1 aromatic heterocycles. The first kappa shape index (κ1) is 12.6. The Kier molecular flexibility index (Phi) is 4.36. The number of hydrogen-bond donors (Lipinski definition) is 1. The highest BCUT2D eigenvalue weighted by Crippen LogP contribution is 2.22. The fourth-order valence-corrected chi connectivity index (χ4v) is 1.78. The van der Waals surface area contributed by atoms with Crippen LogP contribution in [-0.2, 0) is 6.54 Å². The van der Waals surface area contributed by atoms with Crippen LogP contribution in [0.4, 0.5) is 4.39 Å². The lowest BCUT2D eigenvalue weighted by molar-refractivity contribution is 0.625. The van der Waals surface area contributed by atoms with E-state index in [-0.39, 0.29) is 5.82 Å². The van der Waals surface area contributed by atoms with E-state index in [1.165, 1.54) is 12.1 Å². The normalized spacial score (nSPS) is 10.6. The highest BCUT2D eigenvalue weighted by atomic mass is 19.1. The van der Waals surface area contributed by atoms with E-state index in [4.69, 9.17) is 0 Å². The lowest BCUT2D eigenvalue weighted by atomic mass is 10.0. The topological polar surface area (TPSA) is 37.8 Å². The molecule has 1 heterocycles. The van der Waals surface area contributed by atoms with Gasteiger partial charge in [-0.1, -0.05) is 13.0 Å². The number of hydrogen-bond acceptors (Lipinski definition) is 3. The minimum atomic E-state index is -0.255. The summed E-state index contributed by atoms with van der Waals surface area (Å²) >= 11 is 0. The van der Waals surface area contributed by atoms with E-state index < -0.39 is 0 Å². The van der Waals surface area contributed by atoms with Gasteiger partial charge in [-0.05, 0) is 30.7 Å². The molecule has 2 rings (SSSR count). The monoisotopic (exact) mass is 245 g/mol. The zero-order valence-electron chi connectivity index (χ0n) is 10.4. The van der Waals surface area contributed by atoms with Gasteiger partial charge in [-0.2, -0.15) is 0 Å². The first-order valence-electron chi connectivity index (χ1n) is 6.06. The van der Waals surface area contributed by atoms with Crippen LogP contribution in [0, 0.1) is 5.82 Å². The van der Waals surface area contributed by atoms with Gasteiger partial charge in [-0.15, -0.1) is 0 Å². The third-order valence-corrected chi connectivity index (χ3v) is 2.65. The van der Waals surface area contributed by atoms with Crippen LogP contribution in [0.1, 0.15) is 18.9 Å².